The lowest BCUT2D eigenvalue weighted by Crippen LogP contribution is -2.30. The molecule has 0 amide bonds. The molecule has 0 spiro atoms. The molecule has 6 heteroatoms. The number of hydrogen-bond acceptors (Lipinski definition) is 3. The molecule has 0 aliphatic heterocycles. The average Bonchev–Trinajstić information content (AvgIpc) is 2.47. The summed E-state index contributed by atoms with van der Waals surface area (Å²) in [6, 6.07) is 11.6. The molecule has 1 unspecified atom stereocenters. The second-order valence-electron chi connectivity index (χ2n) is 4.55. The van der Waals surface area contributed by atoms with Crippen LogP contribution >= 0.6 is 43.5 Å². The molecule has 112 valence electrons. The molecule has 0 saturated heterocycles. The van der Waals surface area contributed by atoms with Crippen molar-refractivity contribution in [3.8, 4) is 5.75 Å². The smallest absolute Gasteiger partial charge is 0.119 e. The fourth-order valence-corrected chi connectivity index (χ4v) is 3.36. The van der Waals surface area contributed by atoms with Crippen LogP contribution in [-0.4, -0.2) is 7.11 Å². The van der Waals surface area contributed by atoms with Gasteiger partial charge in [-0.25, -0.2) is 0 Å². The van der Waals surface area contributed by atoms with Crippen LogP contribution in [0.15, 0.2) is 45.3 Å². The molecule has 0 heterocycles. The van der Waals surface area contributed by atoms with E-state index in [9.17, 15) is 0 Å². The second kappa shape index (κ2) is 7.61. The third kappa shape index (κ3) is 4.20. The molecule has 0 radical (unpaired) electrons. The average molecular weight is 435 g/mol. The molecule has 21 heavy (non-hydrogen) atoms. The van der Waals surface area contributed by atoms with Crippen molar-refractivity contribution >= 4 is 43.5 Å². The van der Waals surface area contributed by atoms with E-state index in [0.717, 1.165) is 25.8 Å². The van der Waals surface area contributed by atoms with Crippen LogP contribution in [0, 0.1) is 0 Å². The monoisotopic (exact) mass is 432 g/mol. The van der Waals surface area contributed by atoms with Gasteiger partial charge in [0.05, 0.1) is 13.2 Å². The van der Waals surface area contributed by atoms with Gasteiger partial charge in [-0.3, -0.25) is 11.3 Å². The minimum atomic E-state index is -0.0758. The minimum Gasteiger partial charge on any atom is -0.497 e. The molecule has 2 rings (SSSR count). The van der Waals surface area contributed by atoms with Crippen molar-refractivity contribution in [1.29, 1.82) is 0 Å². The number of hydrazine groups is 1. The first kappa shape index (κ1) is 16.8. The highest BCUT2D eigenvalue weighted by Crippen LogP contribution is 2.31. The maximum Gasteiger partial charge on any atom is 0.119 e. The molecule has 0 fully saturated rings. The van der Waals surface area contributed by atoms with Crippen molar-refractivity contribution in [1.82, 2.24) is 5.43 Å². The molecule has 1 atom stereocenters. The summed E-state index contributed by atoms with van der Waals surface area (Å²) < 4.78 is 7.20. The molecule has 0 saturated carbocycles. The third-order valence-electron chi connectivity index (χ3n) is 3.22. The summed E-state index contributed by atoms with van der Waals surface area (Å²) in [6.45, 7) is 0. The Morgan fingerprint density at radius 2 is 2.00 bits per heavy atom. The van der Waals surface area contributed by atoms with Gasteiger partial charge in [-0.2, -0.15) is 0 Å². The molecule has 2 aromatic rings. The summed E-state index contributed by atoms with van der Waals surface area (Å²) in [5.74, 6) is 6.52. The topological polar surface area (TPSA) is 47.3 Å². The number of ether oxygens (including phenoxy) is 1. The van der Waals surface area contributed by atoms with Crippen LogP contribution in [0.1, 0.15) is 17.2 Å². The zero-order valence-electron chi connectivity index (χ0n) is 11.4. The van der Waals surface area contributed by atoms with E-state index in [1.807, 2.05) is 36.4 Å². The first-order chi connectivity index (χ1) is 10.0. The van der Waals surface area contributed by atoms with Crippen LogP contribution in [-0.2, 0) is 6.42 Å². The van der Waals surface area contributed by atoms with Crippen molar-refractivity contribution in [2.75, 3.05) is 7.11 Å². The van der Waals surface area contributed by atoms with Crippen molar-refractivity contribution in [3.63, 3.8) is 0 Å². The predicted octanol–water partition coefficient (Wildman–Crippen LogP) is 4.62. The second-order valence-corrected chi connectivity index (χ2v) is 6.72. The van der Waals surface area contributed by atoms with Gasteiger partial charge in [-0.05, 0) is 47.9 Å². The van der Waals surface area contributed by atoms with E-state index >= 15 is 0 Å². The Kier molecular flexibility index (Phi) is 6.08. The first-order valence-corrected chi connectivity index (χ1v) is 8.25. The summed E-state index contributed by atoms with van der Waals surface area (Å²) in [7, 11) is 1.64. The fraction of sp³-hybridized carbons (Fsp3) is 0.200. The molecular weight excluding hydrogens is 419 g/mol. The maximum absolute atomic E-state index is 6.28. The number of halogens is 3. The van der Waals surface area contributed by atoms with Gasteiger partial charge in [0.2, 0.25) is 0 Å². The molecular formula is C15H15Br2ClN2O. The van der Waals surface area contributed by atoms with Gasteiger partial charge in [-0.15, -0.1) is 0 Å². The van der Waals surface area contributed by atoms with Crippen LogP contribution in [0.4, 0.5) is 0 Å². The van der Waals surface area contributed by atoms with Crippen LogP contribution in [0.3, 0.4) is 0 Å². The van der Waals surface area contributed by atoms with E-state index in [-0.39, 0.29) is 6.04 Å². The summed E-state index contributed by atoms with van der Waals surface area (Å²) in [4.78, 5) is 0. The third-order valence-corrected chi connectivity index (χ3v) is 4.79. The zero-order valence-corrected chi connectivity index (χ0v) is 15.3. The zero-order chi connectivity index (χ0) is 15.4. The minimum absolute atomic E-state index is 0.0758. The number of rotatable bonds is 5. The van der Waals surface area contributed by atoms with E-state index < -0.39 is 0 Å². The van der Waals surface area contributed by atoms with E-state index in [1.54, 1.807) is 7.11 Å². The number of hydrogen-bond donors (Lipinski definition) is 2. The molecule has 0 aliphatic carbocycles. The van der Waals surface area contributed by atoms with Crippen LogP contribution < -0.4 is 16.0 Å². The lowest BCUT2D eigenvalue weighted by molar-refractivity contribution is 0.412. The number of nitrogens with one attached hydrogen (secondary N) is 1. The molecule has 0 aromatic heterocycles. The lowest BCUT2D eigenvalue weighted by atomic mass is 9.99. The number of benzene rings is 2. The SMILES string of the molecule is COc1ccc(Br)c(C(Cc2ccc(Br)cc2Cl)NN)c1. The van der Waals surface area contributed by atoms with Gasteiger partial charge in [0.1, 0.15) is 5.75 Å². The normalized spacial score (nSPS) is 12.2. The lowest BCUT2D eigenvalue weighted by Gasteiger charge is -2.19. The molecule has 2 aromatic carbocycles. The maximum atomic E-state index is 6.28. The van der Waals surface area contributed by atoms with Gasteiger partial charge in [0.25, 0.3) is 0 Å². The van der Waals surface area contributed by atoms with Gasteiger partial charge in [-0.1, -0.05) is 49.5 Å². The summed E-state index contributed by atoms with van der Waals surface area (Å²) in [5, 5.41) is 0.712. The Morgan fingerprint density at radius 3 is 2.62 bits per heavy atom. The highest BCUT2D eigenvalue weighted by atomic mass is 79.9. The summed E-state index contributed by atoms with van der Waals surface area (Å²) >= 11 is 13.2. The van der Waals surface area contributed by atoms with E-state index in [2.05, 4.69) is 37.3 Å². The van der Waals surface area contributed by atoms with Gasteiger partial charge < -0.3 is 4.74 Å². The Morgan fingerprint density at radius 1 is 1.24 bits per heavy atom. The van der Waals surface area contributed by atoms with E-state index in [0.29, 0.717) is 11.4 Å². The Balaban J connectivity index is 2.31. The fourth-order valence-electron chi connectivity index (χ4n) is 2.08. The van der Waals surface area contributed by atoms with E-state index in [4.69, 9.17) is 22.2 Å². The molecule has 3 nitrogen and oxygen atoms in total. The highest BCUT2D eigenvalue weighted by molar-refractivity contribution is 9.10. The van der Waals surface area contributed by atoms with Crippen molar-refractivity contribution < 1.29 is 4.74 Å². The number of methoxy groups -OCH3 is 1. The predicted molar refractivity (Wildman–Crippen MR) is 93.6 cm³/mol. The standard InChI is InChI=1S/C15H15Br2ClN2O/c1-21-11-4-5-13(17)12(8-11)15(20-19)6-9-2-3-10(16)7-14(9)18/h2-5,7-8,15,20H,6,19H2,1H3. The Bertz CT molecular complexity index is 637. The van der Waals surface area contributed by atoms with Crippen LogP contribution in [0.5, 0.6) is 5.75 Å². The van der Waals surface area contributed by atoms with Gasteiger partial charge in [0, 0.05) is 14.0 Å². The Labute approximate surface area is 146 Å². The van der Waals surface area contributed by atoms with Crippen LogP contribution in [0.25, 0.3) is 0 Å². The Hall–Kier alpha value is -0.590. The van der Waals surface area contributed by atoms with Gasteiger partial charge in [0.15, 0.2) is 0 Å². The first-order valence-electron chi connectivity index (χ1n) is 6.28. The molecule has 0 bridgehead atoms. The van der Waals surface area contributed by atoms with Gasteiger partial charge >= 0.3 is 0 Å². The number of nitrogens with two attached hydrogens (primary N) is 1. The van der Waals surface area contributed by atoms with Crippen molar-refractivity contribution in [2.24, 2.45) is 5.84 Å². The molecule has 0 aliphatic rings. The largest absolute Gasteiger partial charge is 0.497 e. The quantitative estimate of drug-likeness (QED) is 0.533. The van der Waals surface area contributed by atoms with E-state index in [1.165, 1.54) is 0 Å². The molecule has 3 N–H and O–H groups in total. The highest BCUT2D eigenvalue weighted by Gasteiger charge is 2.16. The van der Waals surface area contributed by atoms with Crippen molar-refractivity contribution in [3.05, 3.63) is 61.5 Å². The summed E-state index contributed by atoms with van der Waals surface area (Å²) in [5.41, 5.74) is 4.89. The van der Waals surface area contributed by atoms with Crippen LogP contribution in [0.2, 0.25) is 5.02 Å². The summed E-state index contributed by atoms with van der Waals surface area (Å²) in [6.07, 6.45) is 0.675. The van der Waals surface area contributed by atoms with Crippen molar-refractivity contribution in [2.45, 2.75) is 12.5 Å².